The van der Waals surface area contributed by atoms with Gasteiger partial charge in [0.25, 0.3) is 0 Å². The van der Waals surface area contributed by atoms with Crippen LogP contribution in [0.2, 0.25) is 0 Å². The summed E-state index contributed by atoms with van der Waals surface area (Å²) in [6.07, 6.45) is 2.80. The van der Waals surface area contributed by atoms with E-state index in [-0.39, 0.29) is 17.3 Å². The van der Waals surface area contributed by atoms with E-state index in [1.54, 1.807) is 11.0 Å². The number of amides is 1. The zero-order chi connectivity index (χ0) is 19.4. The molecule has 0 N–H and O–H groups in total. The summed E-state index contributed by atoms with van der Waals surface area (Å²) >= 11 is 0. The topological polar surface area (TPSA) is 73.8 Å². The smallest absolute Gasteiger partial charge is 0.244 e. The zero-order valence-electron chi connectivity index (χ0n) is 15.6. The molecule has 0 atom stereocenters. The number of aromatic nitrogens is 1. The highest BCUT2D eigenvalue weighted by Gasteiger charge is 2.27. The maximum atomic E-state index is 12.6. The summed E-state index contributed by atoms with van der Waals surface area (Å²) in [7, 11) is -2.30. The van der Waals surface area contributed by atoms with Crippen LogP contribution in [0.15, 0.2) is 53.7 Å². The fourth-order valence-electron chi connectivity index (χ4n) is 3.09. The molecule has 1 amide bonds. The van der Waals surface area contributed by atoms with Crippen molar-refractivity contribution in [2.45, 2.75) is 11.8 Å². The Hall–Kier alpha value is -2.45. The number of sulfonamides is 1. The van der Waals surface area contributed by atoms with Crippen LogP contribution in [-0.2, 0) is 14.8 Å². The molecule has 8 heteroatoms. The van der Waals surface area contributed by atoms with Crippen LogP contribution in [0.25, 0.3) is 0 Å². The first kappa shape index (κ1) is 19.3. The van der Waals surface area contributed by atoms with Crippen molar-refractivity contribution in [3.63, 3.8) is 0 Å². The lowest BCUT2D eigenvalue weighted by Gasteiger charge is -2.36. The van der Waals surface area contributed by atoms with Gasteiger partial charge in [0, 0.05) is 51.3 Å². The zero-order valence-corrected chi connectivity index (χ0v) is 16.4. The first-order chi connectivity index (χ1) is 12.9. The van der Waals surface area contributed by atoms with Crippen LogP contribution in [0.5, 0.6) is 0 Å². The number of carbonyl (C=O) groups excluding carboxylic acids is 1. The Morgan fingerprint density at radius 2 is 1.89 bits per heavy atom. The number of carbonyl (C=O) groups is 1. The third kappa shape index (κ3) is 4.45. The number of rotatable bonds is 5. The highest BCUT2D eigenvalue weighted by Crippen LogP contribution is 2.18. The molecule has 1 aliphatic rings. The molecular weight excluding hydrogens is 364 g/mol. The van der Waals surface area contributed by atoms with E-state index in [2.05, 4.69) is 35.0 Å². The Morgan fingerprint density at radius 3 is 2.52 bits per heavy atom. The Kier molecular flexibility index (Phi) is 5.76. The average molecular weight is 388 g/mol. The van der Waals surface area contributed by atoms with Crippen LogP contribution in [0.1, 0.15) is 5.56 Å². The lowest BCUT2D eigenvalue weighted by Crippen LogP contribution is -2.51. The Morgan fingerprint density at radius 1 is 1.15 bits per heavy atom. The van der Waals surface area contributed by atoms with E-state index in [1.807, 2.05) is 6.07 Å². The van der Waals surface area contributed by atoms with E-state index < -0.39 is 10.0 Å². The molecule has 0 radical (unpaired) electrons. The van der Waals surface area contributed by atoms with Gasteiger partial charge in [0.1, 0.15) is 4.90 Å². The van der Waals surface area contributed by atoms with Crippen molar-refractivity contribution in [2.75, 3.05) is 44.7 Å². The number of piperazine rings is 1. The normalized spacial score (nSPS) is 15.2. The van der Waals surface area contributed by atoms with Gasteiger partial charge in [-0.2, -0.15) is 4.31 Å². The lowest BCUT2D eigenvalue weighted by molar-refractivity contribution is -0.131. The van der Waals surface area contributed by atoms with Gasteiger partial charge in [-0.15, -0.1) is 0 Å². The third-order valence-corrected chi connectivity index (χ3v) is 6.49. The molecule has 1 aliphatic heterocycles. The molecule has 7 nitrogen and oxygen atoms in total. The molecule has 0 saturated carbocycles. The maximum absolute atomic E-state index is 12.6. The molecule has 0 bridgehead atoms. The fraction of sp³-hybridized carbons (Fsp3) is 0.368. The second kappa shape index (κ2) is 8.06. The van der Waals surface area contributed by atoms with Crippen LogP contribution < -0.4 is 4.90 Å². The van der Waals surface area contributed by atoms with E-state index >= 15 is 0 Å². The second-order valence-electron chi connectivity index (χ2n) is 6.66. The third-order valence-electron chi connectivity index (χ3n) is 4.70. The molecule has 0 aliphatic carbocycles. The van der Waals surface area contributed by atoms with Crippen molar-refractivity contribution in [3.05, 3.63) is 54.4 Å². The predicted octanol–water partition coefficient (Wildman–Crippen LogP) is 1.36. The van der Waals surface area contributed by atoms with E-state index in [4.69, 9.17) is 0 Å². The van der Waals surface area contributed by atoms with Crippen LogP contribution >= 0.6 is 0 Å². The van der Waals surface area contributed by atoms with Crippen LogP contribution in [0.4, 0.5) is 5.69 Å². The van der Waals surface area contributed by atoms with Gasteiger partial charge in [-0.05, 0) is 36.8 Å². The van der Waals surface area contributed by atoms with Crippen LogP contribution in [0, 0.1) is 6.92 Å². The first-order valence-electron chi connectivity index (χ1n) is 8.84. The van der Waals surface area contributed by atoms with E-state index in [9.17, 15) is 13.2 Å². The SMILES string of the molecule is Cc1cccc(N2CCN(C(=O)CN(C)S(=O)(=O)c3cccnc3)CC2)c1. The molecule has 0 spiro atoms. The minimum atomic E-state index is -3.72. The van der Waals surface area contributed by atoms with E-state index in [0.29, 0.717) is 13.1 Å². The summed E-state index contributed by atoms with van der Waals surface area (Å²) in [5.74, 6) is -0.186. The summed E-state index contributed by atoms with van der Waals surface area (Å²) in [6.45, 7) is 4.49. The molecule has 3 rings (SSSR count). The number of benzene rings is 1. The molecule has 1 aromatic carbocycles. The highest BCUT2D eigenvalue weighted by molar-refractivity contribution is 7.89. The minimum Gasteiger partial charge on any atom is -0.368 e. The molecule has 27 heavy (non-hydrogen) atoms. The second-order valence-corrected chi connectivity index (χ2v) is 8.70. The number of likely N-dealkylation sites (N-methyl/N-ethyl adjacent to an activating group) is 1. The number of hydrogen-bond donors (Lipinski definition) is 0. The van der Waals surface area contributed by atoms with Crippen LogP contribution in [0.3, 0.4) is 0 Å². The summed E-state index contributed by atoms with van der Waals surface area (Å²) in [6, 6.07) is 11.3. The van der Waals surface area contributed by atoms with E-state index in [1.165, 1.54) is 31.1 Å². The highest BCUT2D eigenvalue weighted by atomic mass is 32.2. The van der Waals surface area contributed by atoms with Gasteiger partial charge in [0.15, 0.2) is 0 Å². The van der Waals surface area contributed by atoms with Gasteiger partial charge < -0.3 is 9.80 Å². The fourth-order valence-corrected chi connectivity index (χ4v) is 4.18. The summed E-state index contributed by atoms with van der Waals surface area (Å²) in [5, 5.41) is 0. The molecule has 144 valence electrons. The van der Waals surface area contributed by atoms with Crippen LogP contribution in [-0.4, -0.2) is 68.3 Å². The Bertz CT molecular complexity index is 894. The van der Waals surface area contributed by atoms with Gasteiger partial charge in [-0.3, -0.25) is 9.78 Å². The van der Waals surface area contributed by atoms with Gasteiger partial charge >= 0.3 is 0 Å². The lowest BCUT2D eigenvalue weighted by atomic mass is 10.2. The largest absolute Gasteiger partial charge is 0.368 e. The van der Waals surface area contributed by atoms with Gasteiger partial charge in [-0.25, -0.2) is 8.42 Å². The summed E-state index contributed by atoms with van der Waals surface area (Å²) < 4.78 is 26.1. The standard InChI is InChI=1S/C19H24N4O3S/c1-16-5-3-6-17(13-16)22-9-11-23(12-10-22)19(24)15-21(2)27(25,26)18-7-4-8-20-14-18/h3-8,13-14H,9-12,15H2,1-2H3. The molecule has 1 fully saturated rings. The molecule has 1 saturated heterocycles. The summed E-state index contributed by atoms with van der Waals surface area (Å²) in [4.78, 5) is 20.5. The molecule has 2 aromatic rings. The van der Waals surface area contributed by atoms with Crippen molar-refractivity contribution < 1.29 is 13.2 Å². The van der Waals surface area contributed by atoms with Gasteiger partial charge in [0.2, 0.25) is 15.9 Å². The maximum Gasteiger partial charge on any atom is 0.244 e. The van der Waals surface area contributed by atoms with Crippen molar-refractivity contribution in [1.82, 2.24) is 14.2 Å². The van der Waals surface area contributed by atoms with Crippen molar-refractivity contribution in [1.29, 1.82) is 0 Å². The first-order valence-corrected chi connectivity index (χ1v) is 10.3. The molecule has 2 heterocycles. The Balaban J connectivity index is 1.58. The molecule has 1 aromatic heterocycles. The average Bonchev–Trinajstić information content (AvgIpc) is 2.68. The monoisotopic (exact) mass is 388 g/mol. The Labute approximate surface area is 160 Å². The number of pyridine rings is 1. The summed E-state index contributed by atoms with van der Waals surface area (Å²) in [5.41, 5.74) is 2.35. The van der Waals surface area contributed by atoms with Gasteiger partial charge in [0.05, 0.1) is 6.54 Å². The van der Waals surface area contributed by atoms with Crippen molar-refractivity contribution >= 4 is 21.6 Å². The van der Waals surface area contributed by atoms with E-state index in [0.717, 1.165) is 23.1 Å². The number of hydrogen-bond acceptors (Lipinski definition) is 5. The molecule has 0 unspecified atom stereocenters. The number of anilines is 1. The predicted molar refractivity (Wildman–Crippen MR) is 104 cm³/mol. The van der Waals surface area contributed by atoms with Crippen molar-refractivity contribution in [2.24, 2.45) is 0 Å². The number of aryl methyl sites for hydroxylation is 1. The minimum absolute atomic E-state index is 0.0876. The van der Waals surface area contributed by atoms with Crippen molar-refractivity contribution in [3.8, 4) is 0 Å². The quantitative estimate of drug-likeness (QED) is 0.773. The molecular formula is C19H24N4O3S. The van der Waals surface area contributed by atoms with Gasteiger partial charge in [-0.1, -0.05) is 12.1 Å². The number of nitrogens with zero attached hydrogens (tertiary/aromatic N) is 4.